The number of likely N-dealkylation sites (N-methyl/N-ethyl adjacent to an activating group) is 1. The Bertz CT molecular complexity index is 1530. The quantitative estimate of drug-likeness (QED) is 0.229. The summed E-state index contributed by atoms with van der Waals surface area (Å²) in [6.45, 7) is 0.927. The monoisotopic (exact) mass is 563 g/mol. The second-order valence-corrected chi connectivity index (χ2v) is 10.5. The molecular formula is C34H33N3O5. The standard InChI is InChI=1S/C34H33N3O5/c1-37(20-23-10-3-2-4-11-23)21-31(33(40)35-25-13-9-12-24(18-25)19-32(38)39)36-34(41)42-22-30-28-16-7-5-14-26(28)27-15-6-8-17-29(27)30/h2-18,30-31H,19-22H2,1H3,(H,35,40)(H,36,41)(H,38,39). The minimum atomic E-state index is -0.962. The number of hydrogen-bond donors (Lipinski definition) is 3. The summed E-state index contributed by atoms with van der Waals surface area (Å²) in [6.07, 6.45) is -0.852. The molecule has 0 bridgehead atoms. The molecule has 0 aromatic heterocycles. The van der Waals surface area contributed by atoms with Crippen LogP contribution in [0.1, 0.15) is 28.2 Å². The van der Waals surface area contributed by atoms with Gasteiger partial charge in [-0.15, -0.1) is 0 Å². The number of carboxylic acids is 1. The Kier molecular flexibility index (Phi) is 8.94. The summed E-state index contributed by atoms with van der Waals surface area (Å²) in [7, 11) is 1.88. The predicted molar refractivity (Wildman–Crippen MR) is 161 cm³/mol. The van der Waals surface area contributed by atoms with Crippen LogP contribution in [0.25, 0.3) is 11.1 Å². The van der Waals surface area contributed by atoms with Gasteiger partial charge in [0.2, 0.25) is 5.91 Å². The molecule has 214 valence electrons. The van der Waals surface area contributed by atoms with Crippen molar-refractivity contribution in [2.75, 3.05) is 25.5 Å². The lowest BCUT2D eigenvalue weighted by Gasteiger charge is -2.25. The van der Waals surface area contributed by atoms with Crippen LogP contribution >= 0.6 is 0 Å². The van der Waals surface area contributed by atoms with Crippen LogP contribution in [0.15, 0.2) is 103 Å². The van der Waals surface area contributed by atoms with Crippen molar-refractivity contribution in [3.05, 3.63) is 125 Å². The fraction of sp³-hybridized carbons (Fsp3) is 0.206. The average molecular weight is 564 g/mol. The summed E-state index contributed by atoms with van der Waals surface area (Å²) >= 11 is 0. The number of nitrogens with one attached hydrogen (secondary N) is 2. The van der Waals surface area contributed by atoms with Gasteiger partial charge >= 0.3 is 12.1 Å². The molecule has 8 nitrogen and oxygen atoms in total. The molecule has 4 aromatic rings. The predicted octanol–water partition coefficient (Wildman–Crippen LogP) is 5.29. The molecule has 0 radical (unpaired) electrons. The van der Waals surface area contributed by atoms with E-state index in [1.807, 2.05) is 66.5 Å². The number of nitrogens with zero attached hydrogens (tertiary/aromatic N) is 1. The summed E-state index contributed by atoms with van der Waals surface area (Å²) in [6, 6.07) is 31.8. The van der Waals surface area contributed by atoms with Gasteiger partial charge in [0.1, 0.15) is 12.6 Å². The van der Waals surface area contributed by atoms with Gasteiger partial charge in [0.25, 0.3) is 0 Å². The van der Waals surface area contributed by atoms with Crippen LogP contribution in [0.5, 0.6) is 0 Å². The Morgan fingerprint density at radius 1 is 0.833 bits per heavy atom. The van der Waals surface area contributed by atoms with Crippen molar-refractivity contribution < 1.29 is 24.2 Å². The number of amides is 2. The zero-order valence-corrected chi connectivity index (χ0v) is 23.3. The summed E-state index contributed by atoms with van der Waals surface area (Å²) in [5.74, 6) is -1.50. The van der Waals surface area contributed by atoms with Gasteiger partial charge in [-0.25, -0.2) is 4.79 Å². The van der Waals surface area contributed by atoms with E-state index >= 15 is 0 Å². The highest BCUT2D eigenvalue weighted by Gasteiger charge is 2.30. The number of hydrogen-bond acceptors (Lipinski definition) is 5. The molecule has 8 heteroatoms. The van der Waals surface area contributed by atoms with E-state index < -0.39 is 24.0 Å². The molecule has 4 aromatic carbocycles. The summed E-state index contributed by atoms with van der Waals surface area (Å²) < 4.78 is 5.72. The molecule has 0 aliphatic heterocycles. The Labute approximate surface area is 244 Å². The normalized spacial score (nSPS) is 12.7. The van der Waals surface area contributed by atoms with Crippen LogP contribution in [0.3, 0.4) is 0 Å². The van der Waals surface area contributed by atoms with Crippen LogP contribution < -0.4 is 10.6 Å². The third-order valence-corrected chi connectivity index (χ3v) is 7.29. The Hall–Kier alpha value is -4.95. The Morgan fingerprint density at radius 3 is 2.12 bits per heavy atom. The Balaban J connectivity index is 1.28. The summed E-state index contributed by atoms with van der Waals surface area (Å²) in [4.78, 5) is 39.6. The number of ether oxygens (including phenoxy) is 1. The number of aliphatic carboxylic acids is 1. The van der Waals surface area contributed by atoms with E-state index in [1.165, 1.54) is 0 Å². The molecule has 0 spiro atoms. The van der Waals surface area contributed by atoms with Gasteiger partial charge in [0.05, 0.1) is 6.42 Å². The smallest absolute Gasteiger partial charge is 0.407 e. The highest BCUT2D eigenvalue weighted by molar-refractivity contribution is 5.97. The molecule has 1 unspecified atom stereocenters. The lowest BCUT2D eigenvalue weighted by Crippen LogP contribution is -2.50. The highest BCUT2D eigenvalue weighted by atomic mass is 16.5. The van der Waals surface area contributed by atoms with Crippen LogP contribution in [-0.2, 0) is 27.3 Å². The molecule has 1 aliphatic carbocycles. The minimum Gasteiger partial charge on any atom is -0.481 e. The summed E-state index contributed by atoms with van der Waals surface area (Å²) in [5, 5.41) is 14.7. The van der Waals surface area contributed by atoms with Crippen LogP contribution in [0, 0.1) is 0 Å². The molecule has 0 heterocycles. The molecule has 1 aliphatic rings. The maximum Gasteiger partial charge on any atom is 0.407 e. The molecule has 2 amide bonds. The van der Waals surface area contributed by atoms with E-state index in [2.05, 4.69) is 34.9 Å². The topological polar surface area (TPSA) is 108 Å². The molecule has 1 atom stereocenters. The van der Waals surface area contributed by atoms with Crippen LogP contribution in [0.2, 0.25) is 0 Å². The first-order valence-corrected chi connectivity index (χ1v) is 13.8. The van der Waals surface area contributed by atoms with E-state index in [4.69, 9.17) is 9.84 Å². The number of anilines is 1. The molecule has 0 saturated heterocycles. The van der Waals surface area contributed by atoms with Crippen molar-refractivity contribution in [1.29, 1.82) is 0 Å². The van der Waals surface area contributed by atoms with Crippen LogP contribution in [0.4, 0.5) is 10.5 Å². The third-order valence-electron chi connectivity index (χ3n) is 7.29. The van der Waals surface area contributed by atoms with E-state index in [0.717, 1.165) is 27.8 Å². The highest BCUT2D eigenvalue weighted by Crippen LogP contribution is 2.44. The molecular weight excluding hydrogens is 530 g/mol. The summed E-state index contributed by atoms with van der Waals surface area (Å²) in [5.41, 5.74) is 6.54. The number of carbonyl (C=O) groups excluding carboxylic acids is 2. The van der Waals surface area contributed by atoms with Gasteiger partial charge < -0.3 is 20.5 Å². The second kappa shape index (κ2) is 13.1. The van der Waals surface area contributed by atoms with E-state index in [-0.39, 0.29) is 25.5 Å². The van der Waals surface area contributed by atoms with Crippen molar-refractivity contribution in [2.24, 2.45) is 0 Å². The zero-order valence-electron chi connectivity index (χ0n) is 23.3. The van der Waals surface area contributed by atoms with Crippen molar-refractivity contribution in [2.45, 2.75) is 24.9 Å². The average Bonchev–Trinajstić information content (AvgIpc) is 3.29. The van der Waals surface area contributed by atoms with Gasteiger partial charge in [-0.05, 0) is 52.6 Å². The number of carbonyl (C=O) groups is 3. The number of benzene rings is 4. The maximum absolute atomic E-state index is 13.4. The minimum absolute atomic E-state index is 0.104. The largest absolute Gasteiger partial charge is 0.481 e. The molecule has 5 rings (SSSR count). The zero-order chi connectivity index (χ0) is 29.5. The third kappa shape index (κ3) is 7.03. The Morgan fingerprint density at radius 2 is 1.45 bits per heavy atom. The van der Waals surface area contributed by atoms with Crippen LogP contribution in [-0.4, -0.2) is 54.2 Å². The first-order valence-electron chi connectivity index (χ1n) is 13.8. The second-order valence-electron chi connectivity index (χ2n) is 10.5. The number of carboxylic acid groups (broad SMARTS) is 1. The van der Waals surface area contributed by atoms with E-state index in [0.29, 0.717) is 17.8 Å². The lowest BCUT2D eigenvalue weighted by atomic mass is 9.98. The van der Waals surface area contributed by atoms with Crippen molar-refractivity contribution in [3.63, 3.8) is 0 Å². The van der Waals surface area contributed by atoms with Gasteiger partial charge in [0.15, 0.2) is 0 Å². The SMILES string of the molecule is CN(Cc1ccccc1)CC(NC(=O)OCC1c2ccccc2-c2ccccc21)C(=O)Nc1cccc(CC(=O)O)c1. The van der Waals surface area contributed by atoms with Crippen molar-refractivity contribution >= 4 is 23.7 Å². The van der Waals surface area contributed by atoms with E-state index in [9.17, 15) is 14.4 Å². The fourth-order valence-electron chi connectivity index (χ4n) is 5.41. The molecule has 0 saturated carbocycles. The lowest BCUT2D eigenvalue weighted by molar-refractivity contribution is -0.136. The maximum atomic E-state index is 13.4. The molecule has 3 N–H and O–H groups in total. The van der Waals surface area contributed by atoms with Crippen molar-refractivity contribution in [3.8, 4) is 11.1 Å². The van der Waals surface area contributed by atoms with E-state index in [1.54, 1.807) is 24.3 Å². The van der Waals surface area contributed by atoms with Gasteiger partial charge in [-0.3, -0.25) is 14.5 Å². The molecule has 42 heavy (non-hydrogen) atoms. The fourth-order valence-corrected chi connectivity index (χ4v) is 5.41. The van der Waals surface area contributed by atoms with Gasteiger partial charge in [-0.2, -0.15) is 0 Å². The number of alkyl carbamates (subject to hydrolysis) is 1. The van der Waals surface area contributed by atoms with Crippen molar-refractivity contribution in [1.82, 2.24) is 10.2 Å². The van der Waals surface area contributed by atoms with Gasteiger partial charge in [0, 0.05) is 24.7 Å². The number of rotatable bonds is 11. The first kappa shape index (κ1) is 28.6. The number of fused-ring (bicyclic) bond motifs is 3. The molecule has 0 fully saturated rings. The first-order chi connectivity index (χ1) is 20.4. The van der Waals surface area contributed by atoms with Gasteiger partial charge in [-0.1, -0.05) is 91.0 Å².